The van der Waals surface area contributed by atoms with Crippen molar-refractivity contribution in [1.82, 2.24) is 4.90 Å². The zero-order valence-electron chi connectivity index (χ0n) is 11.4. The van der Waals surface area contributed by atoms with Crippen LogP contribution in [0.3, 0.4) is 0 Å². The van der Waals surface area contributed by atoms with Crippen molar-refractivity contribution in [1.29, 1.82) is 0 Å². The van der Waals surface area contributed by atoms with E-state index >= 15 is 0 Å². The second-order valence-electron chi connectivity index (χ2n) is 5.88. The molecule has 1 saturated heterocycles. The van der Waals surface area contributed by atoms with Crippen LogP contribution in [0.15, 0.2) is 0 Å². The number of hydrogen-bond acceptors (Lipinski definition) is 4. The zero-order valence-corrected chi connectivity index (χ0v) is 12.2. The molecule has 1 aliphatic heterocycles. The number of aliphatic hydroxyl groups excluding tert-OH is 1. The summed E-state index contributed by atoms with van der Waals surface area (Å²) in [6.45, 7) is 0.627. The summed E-state index contributed by atoms with van der Waals surface area (Å²) in [5.41, 5.74) is 0. The molecule has 2 rings (SSSR count). The van der Waals surface area contributed by atoms with Gasteiger partial charge in [-0.25, -0.2) is 8.42 Å². The lowest BCUT2D eigenvalue weighted by Crippen LogP contribution is -2.46. The number of aliphatic hydroxyl groups is 1. The summed E-state index contributed by atoms with van der Waals surface area (Å²) in [6.07, 6.45) is 6.41. The molecule has 1 heterocycles. The minimum Gasteiger partial charge on any atom is -0.393 e. The molecule has 0 spiro atoms. The maximum Gasteiger partial charge on any atom is 0.238 e. The topological polar surface area (TPSA) is 74.7 Å². The summed E-state index contributed by atoms with van der Waals surface area (Å²) < 4.78 is 22.5. The van der Waals surface area contributed by atoms with E-state index in [0.717, 1.165) is 44.8 Å². The van der Waals surface area contributed by atoms with E-state index in [1.807, 2.05) is 0 Å². The summed E-state index contributed by atoms with van der Waals surface area (Å²) in [6, 6.07) is 0.0320. The van der Waals surface area contributed by atoms with Crippen LogP contribution in [-0.2, 0) is 14.6 Å². The number of carbonyl (C=O) groups excluding carboxylic acids is 1. The maximum atomic E-state index is 12.1. The van der Waals surface area contributed by atoms with Gasteiger partial charge in [-0.05, 0) is 25.7 Å². The molecular formula is C13H23NO4S. The van der Waals surface area contributed by atoms with E-state index in [4.69, 9.17) is 0 Å². The summed E-state index contributed by atoms with van der Waals surface area (Å²) in [7, 11) is -3.28. The van der Waals surface area contributed by atoms with Crippen molar-refractivity contribution < 1.29 is 18.3 Å². The van der Waals surface area contributed by atoms with Gasteiger partial charge in [0, 0.05) is 24.8 Å². The predicted molar refractivity (Wildman–Crippen MR) is 72.4 cm³/mol. The fourth-order valence-corrected chi connectivity index (χ4v) is 4.06. The van der Waals surface area contributed by atoms with Crippen LogP contribution in [0.1, 0.15) is 38.5 Å². The second-order valence-corrected chi connectivity index (χ2v) is 8.02. The quantitative estimate of drug-likeness (QED) is 0.824. The molecule has 19 heavy (non-hydrogen) atoms. The Morgan fingerprint density at radius 2 is 1.89 bits per heavy atom. The fraction of sp³-hybridized carbons (Fsp3) is 0.923. The molecule has 110 valence electrons. The standard InChI is InChI=1S/C13H23NO4S/c1-19(17,18)9-13(16)14-8-4-6-11(14)10-5-2-3-7-12(10)15/h10-12,15H,2-9H2,1H3. The number of sulfone groups is 1. The average Bonchev–Trinajstić information content (AvgIpc) is 2.76. The number of hydrogen-bond donors (Lipinski definition) is 1. The first-order valence-corrected chi connectivity index (χ1v) is 9.10. The van der Waals surface area contributed by atoms with Crippen LogP contribution in [0.2, 0.25) is 0 Å². The third-order valence-electron chi connectivity index (χ3n) is 4.28. The normalized spacial score (nSPS) is 32.5. The Morgan fingerprint density at radius 1 is 1.21 bits per heavy atom. The zero-order chi connectivity index (χ0) is 14.0. The van der Waals surface area contributed by atoms with Gasteiger partial charge in [0.15, 0.2) is 9.84 Å². The first kappa shape index (κ1) is 14.8. The van der Waals surface area contributed by atoms with Crippen LogP contribution in [0.25, 0.3) is 0 Å². The molecule has 6 heteroatoms. The summed E-state index contributed by atoms with van der Waals surface area (Å²) in [4.78, 5) is 13.8. The molecule has 0 aromatic carbocycles. The molecule has 2 fully saturated rings. The summed E-state index contributed by atoms with van der Waals surface area (Å²) >= 11 is 0. The van der Waals surface area contributed by atoms with Gasteiger partial charge in [-0.1, -0.05) is 12.8 Å². The van der Waals surface area contributed by atoms with Gasteiger partial charge >= 0.3 is 0 Å². The SMILES string of the molecule is CS(=O)(=O)CC(=O)N1CCCC1C1CCCCC1O. The Kier molecular flexibility index (Phi) is 4.50. The minimum absolute atomic E-state index is 0.0320. The van der Waals surface area contributed by atoms with Crippen molar-refractivity contribution in [3.63, 3.8) is 0 Å². The molecule has 3 unspecified atom stereocenters. The molecular weight excluding hydrogens is 266 g/mol. The lowest BCUT2D eigenvalue weighted by atomic mass is 9.80. The molecule has 1 aliphatic carbocycles. The number of likely N-dealkylation sites (tertiary alicyclic amines) is 1. The molecule has 0 aromatic rings. The smallest absolute Gasteiger partial charge is 0.238 e. The molecule has 1 saturated carbocycles. The largest absolute Gasteiger partial charge is 0.393 e. The third kappa shape index (κ3) is 3.69. The van der Waals surface area contributed by atoms with E-state index in [1.54, 1.807) is 4.90 Å². The second kappa shape index (κ2) is 5.79. The van der Waals surface area contributed by atoms with Crippen molar-refractivity contribution in [3.8, 4) is 0 Å². The van der Waals surface area contributed by atoms with Gasteiger partial charge in [0.2, 0.25) is 5.91 Å². The first-order valence-electron chi connectivity index (χ1n) is 7.04. The summed E-state index contributed by atoms with van der Waals surface area (Å²) in [5, 5.41) is 10.1. The van der Waals surface area contributed by atoms with E-state index in [1.165, 1.54) is 0 Å². The average molecular weight is 289 g/mol. The van der Waals surface area contributed by atoms with Gasteiger partial charge in [0.05, 0.1) is 6.10 Å². The van der Waals surface area contributed by atoms with E-state index in [0.29, 0.717) is 6.54 Å². The van der Waals surface area contributed by atoms with Crippen molar-refractivity contribution in [2.24, 2.45) is 5.92 Å². The number of amides is 1. The number of rotatable bonds is 3. The Hall–Kier alpha value is -0.620. The van der Waals surface area contributed by atoms with E-state index < -0.39 is 15.6 Å². The first-order chi connectivity index (χ1) is 8.88. The summed E-state index contributed by atoms with van der Waals surface area (Å²) in [5.74, 6) is -0.589. The van der Waals surface area contributed by atoms with Gasteiger partial charge in [-0.2, -0.15) is 0 Å². The molecule has 1 N–H and O–H groups in total. The molecule has 0 radical (unpaired) electrons. The van der Waals surface area contributed by atoms with Crippen LogP contribution in [-0.4, -0.2) is 55.0 Å². The lowest BCUT2D eigenvalue weighted by Gasteiger charge is -2.37. The maximum absolute atomic E-state index is 12.1. The van der Waals surface area contributed by atoms with E-state index in [2.05, 4.69) is 0 Å². The van der Waals surface area contributed by atoms with Gasteiger partial charge in [-0.3, -0.25) is 4.79 Å². The van der Waals surface area contributed by atoms with Crippen molar-refractivity contribution >= 4 is 15.7 Å². The van der Waals surface area contributed by atoms with Crippen molar-refractivity contribution in [2.75, 3.05) is 18.6 Å². The van der Waals surface area contributed by atoms with Crippen LogP contribution >= 0.6 is 0 Å². The van der Waals surface area contributed by atoms with Crippen molar-refractivity contribution in [3.05, 3.63) is 0 Å². The minimum atomic E-state index is -3.28. The Bertz CT molecular complexity index is 434. The van der Waals surface area contributed by atoms with Crippen molar-refractivity contribution in [2.45, 2.75) is 50.7 Å². The van der Waals surface area contributed by atoms with Crippen LogP contribution in [0, 0.1) is 5.92 Å². The lowest BCUT2D eigenvalue weighted by molar-refractivity contribution is -0.131. The van der Waals surface area contributed by atoms with Crippen LogP contribution in [0.4, 0.5) is 0 Å². The highest BCUT2D eigenvalue weighted by molar-refractivity contribution is 7.91. The monoisotopic (exact) mass is 289 g/mol. The molecule has 2 aliphatic rings. The van der Waals surface area contributed by atoms with Gasteiger partial charge in [-0.15, -0.1) is 0 Å². The van der Waals surface area contributed by atoms with Crippen LogP contribution in [0.5, 0.6) is 0 Å². The van der Waals surface area contributed by atoms with Gasteiger partial charge in [0.1, 0.15) is 5.75 Å². The van der Waals surface area contributed by atoms with E-state index in [-0.39, 0.29) is 24.0 Å². The highest BCUT2D eigenvalue weighted by atomic mass is 32.2. The van der Waals surface area contributed by atoms with Gasteiger partial charge < -0.3 is 10.0 Å². The Labute approximate surface area is 114 Å². The van der Waals surface area contributed by atoms with Gasteiger partial charge in [0.25, 0.3) is 0 Å². The highest BCUT2D eigenvalue weighted by Crippen LogP contribution is 2.34. The molecule has 3 atom stereocenters. The fourth-order valence-electron chi connectivity index (χ4n) is 3.44. The molecule has 0 bridgehead atoms. The highest BCUT2D eigenvalue weighted by Gasteiger charge is 2.39. The van der Waals surface area contributed by atoms with Crippen LogP contribution < -0.4 is 0 Å². The predicted octanol–water partition coefficient (Wildman–Crippen LogP) is 0.573. The number of carbonyl (C=O) groups is 1. The molecule has 0 aromatic heterocycles. The number of nitrogens with zero attached hydrogens (tertiary/aromatic N) is 1. The molecule has 5 nitrogen and oxygen atoms in total. The van der Waals surface area contributed by atoms with E-state index in [9.17, 15) is 18.3 Å². The Morgan fingerprint density at radius 3 is 2.53 bits per heavy atom. The Balaban J connectivity index is 2.05. The molecule has 1 amide bonds. The third-order valence-corrected chi connectivity index (χ3v) is 5.05.